The first kappa shape index (κ1) is 30.3. The van der Waals surface area contributed by atoms with E-state index < -0.39 is 24.8 Å². The average molecular weight is 535 g/mol. The van der Waals surface area contributed by atoms with Crippen LogP contribution in [0.15, 0.2) is 12.1 Å². The quantitative estimate of drug-likeness (QED) is 0.271. The van der Waals surface area contributed by atoms with Crippen LogP contribution in [-0.2, 0) is 27.2 Å². The Bertz CT molecular complexity index is 889. The number of aliphatic carboxylic acids is 1. The van der Waals surface area contributed by atoms with E-state index in [1.54, 1.807) is 0 Å². The Morgan fingerprint density at radius 2 is 2.00 bits per heavy atom. The SMILES string of the molecule is COC(CF)CN(CCCCc1ccc2c(n1)NCCC2)CCC(NC(=O)CC1(C)CCCCC1)C(=O)O. The number of hydrogen-bond acceptors (Lipinski definition) is 6. The van der Waals surface area contributed by atoms with Crippen molar-refractivity contribution in [2.75, 3.05) is 45.3 Å². The maximum Gasteiger partial charge on any atom is 0.326 e. The lowest BCUT2D eigenvalue weighted by atomic mass is 9.73. The second-order valence-electron chi connectivity index (χ2n) is 11.4. The number of aromatic nitrogens is 1. The van der Waals surface area contributed by atoms with Crippen molar-refractivity contribution >= 4 is 17.7 Å². The van der Waals surface area contributed by atoms with Gasteiger partial charge in [0.25, 0.3) is 0 Å². The third-order valence-electron chi connectivity index (χ3n) is 8.09. The zero-order valence-electron chi connectivity index (χ0n) is 23.3. The van der Waals surface area contributed by atoms with Crippen molar-refractivity contribution in [1.29, 1.82) is 0 Å². The predicted molar refractivity (Wildman–Crippen MR) is 147 cm³/mol. The van der Waals surface area contributed by atoms with Crippen molar-refractivity contribution in [2.24, 2.45) is 5.41 Å². The fraction of sp³-hybridized carbons (Fsp3) is 0.759. The number of hydrogen-bond donors (Lipinski definition) is 3. The van der Waals surface area contributed by atoms with Gasteiger partial charge in [-0.3, -0.25) is 4.79 Å². The molecule has 0 saturated heterocycles. The summed E-state index contributed by atoms with van der Waals surface area (Å²) in [6, 6.07) is 3.30. The summed E-state index contributed by atoms with van der Waals surface area (Å²) in [5.74, 6) is -0.229. The minimum absolute atomic E-state index is 0.0484. The van der Waals surface area contributed by atoms with Crippen molar-refractivity contribution in [3.63, 3.8) is 0 Å². The number of ether oxygens (including phenoxy) is 1. The number of aryl methyl sites for hydroxylation is 2. The summed E-state index contributed by atoms with van der Waals surface area (Å²) < 4.78 is 18.7. The maximum absolute atomic E-state index is 13.4. The summed E-state index contributed by atoms with van der Waals surface area (Å²) in [6.45, 7) is 4.01. The highest BCUT2D eigenvalue weighted by Gasteiger charge is 2.31. The summed E-state index contributed by atoms with van der Waals surface area (Å²) in [5, 5.41) is 15.9. The molecule has 8 nitrogen and oxygen atoms in total. The number of fused-ring (bicyclic) bond motifs is 1. The highest BCUT2D eigenvalue weighted by atomic mass is 19.1. The lowest BCUT2D eigenvalue weighted by Gasteiger charge is -2.33. The fourth-order valence-corrected chi connectivity index (χ4v) is 5.70. The average Bonchev–Trinajstić information content (AvgIpc) is 2.91. The van der Waals surface area contributed by atoms with Gasteiger partial charge < -0.3 is 25.4 Å². The minimum Gasteiger partial charge on any atom is -0.480 e. The van der Waals surface area contributed by atoms with Crippen LogP contribution in [0, 0.1) is 5.41 Å². The normalized spacial score (nSPS) is 18.3. The molecule has 0 aromatic carbocycles. The van der Waals surface area contributed by atoms with Gasteiger partial charge in [0.15, 0.2) is 0 Å². The summed E-state index contributed by atoms with van der Waals surface area (Å²) >= 11 is 0. The number of methoxy groups -OCH3 is 1. The summed E-state index contributed by atoms with van der Waals surface area (Å²) in [6.07, 6.45) is 10.4. The lowest BCUT2D eigenvalue weighted by molar-refractivity contribution is -0.142. The van der Waals surface area contributed by atoms with Gasteiger partial charge in [0, 0.05) is 38.9 Å². The number of carboxylic acids is 1. The first-order valence-corrected chi connectivity index (χ1v) is 14.4. The number of rotatable bonds is 16. The number of nitrogens with zero attached hydrogens (tertiary/aromatic N) is 2. The van der Waals surface area contributed by atoms with Crippen molar-refractivity contribution in [3.05, 3.63) is 23.4 Å². The first-order chi connectivity index (χ1) is 18.3. The van der Waals surface area contributed by atoms with Crippen molar-refractivity contribution in [2.45, 2.75) is 96.1 Å². The molecule has 1 aromatic heterocycles. The number of anilines is 1. The summed E-state index contributed by atoms with van der Waals surface area (Å²) in [5.41, 5.74) is 2.28. The summed E-state index contributed by atoms with van der Waals surface area (Å²) in [4.78, 5) is 31.5. The van der Waals surface area contributed by atoms with Gasteiger partial charge in [0.1, 0.15) is 18.5 Å². The zero-order chi connectivity index (χ0) is 27.4. The van der Waals surface area contributed by atoms with E-state index in [9.17, 15) is 19.1 Å². The molecule has 38 heavy (non-hydrogen) atoms. The molecule has 3 N–H and O–H groups in total. The Balaban J connectivity index is 1.49. The molecule has 2 aliphatic rings. The van der Waals surface area contributed by atoms with Crippen LogP contribution in [0.5, 0.6) is 0 Å². The van der Waals surface area contributed by atoms with Gasteiger partial charge in [-0.25, -0.2) is 14.2 Å². The van der Waals surface area contributed by atoms with E-state index in [1.165, 1.54) is 19.1 Å². The second-order valence-corrected chi connectivity index (χ2v) is 11.4. The monoisotopic (exact) mass is 534 g/mol. The van der Waals surface area contributed by atoms with Crippen LogP contribution < -0.4 is 10.6 Å². The Labute approximate surface area is 227 Å². The molecule has 0 spiro atoms. The standard InChI is InChI=1S/C29H47FN4O4/c1-29(14-5-3-6-15-29)19-26(35)33-25(28(36)37)13-18-34(21-24(20-30)38-2)17-7-4-10-23-12-11-22-9-8-16-31-27(22)32-23/h11-12,24-25H,3-10,13-21H2,1-2H3,(H,31,32)(H,33,35)(H,36,37). The fourth-order valence-electron chi connectivity index (χ4n) is 5.70. The number of alkyl halides is 1. The molecule has 1 saturated carbocycles. The number of carbonyl (C=O) groups is 2. The van der Waals surface area contributed by atoms with E-state index in [2.05, 4.69) is 34.6 Å². The van der Waals surface area contributed by atoms with E-state index in [-0.39, 0.29) is 17.7 Å². The van der Waals surface area contributed by atoms with E-state index in [1.807, 2.05) is 0 Å². The number of pyridine rings is 1. The molecule has 9 heteroatoms. The first-order valence-electron chi connectivity index (χ1n) is 14.4. The Kier molecular flexibility index (Phi) is 12.2. The van der Waals surface area contributed by atoms with Crippen molar-refractivity contribution in [1.82, 2.24) is 15.2 Å². The van der Waals surface area contributed by atoms with Gasteiger partial charge in [-0.15, -0.1) is 0 Å². The molecule has 2 heterocycles. The van der Waals surface area contributed by atoms with Crippen molar-refractivity contribution in [3.8, 4) is 0 Å². The number of unbranched alkanes of at least 4 members (excludes halogenated alkanes) is 1. The van der Waals surface area contributed by atoms with Gasteiger partial charge in [-0.1, -0.05) is 32.3 Å². The van der Waals surface area contributed by atoms with Gasteiger partial charge in [-0.2, -0.15) is 0 Å². The van der Waals surface area contributed by atoms with Crippen molar-refractivity contribution < 1.29 is 23.8 Å². The lowest BCUT2D eigenvalue weighted by Crippen LogP contribution is -2.45. The van der Waals surface area contributed by atoms with Crippen LogP contribution in [0.2, 0.25) is 0 Å². The van der Waals surface area contributed by atoms with Crippen LogP contribution in [0.4, 0.5) is 10.2 Å². The molecule has 1 aromatic rings. The molecule has 3 rings (SSSR count). The van der Waals surface area contributed by atoms with Gasteiger partial charge in [0.2, 0.25) is 5.91 Å². The molecule has 1 aliphatic carbocycles. The Morgan fingerprint density at radius 1 is 1.21 bits per heavy atom. The number of nitrogens with one attached hydrogen (secondary N) is 2. The van der Waals surface area contributed by atoms with Crippen LogP contribution >= 0.6 is 0 Å². The molecular formula is C29H47FN4O4. The van der Waals surface area contributed by atoms with Crippen LogP contribution in [0.25, 0.3) is 0 Å². The predicted octanol–water partition coefficient (Wildman–Crippen LogP) is 4.37. The second kappa shape index (κ2) is 15.4. The molecule has 214 valence electrons. The largest absolute Gasteiger partial charge is 0.480 e. The zero-order valence-corrected chi connectivity index (χ0v) is 23.3. The third-order valence-corrected chi connectivity index (χ3v) is 8.09. The summed E-state index contributed by atoms with van der Waals surface area (Å²) in [7, 11) is 1.49. The maximum atomic E-state index is 13.4. The van der Waals surface area contributed by atoms with Crippen LogP contribution in [0.1, 0.15) is 82.4 Å². The molecule has 1 amide bonds. The molecule has 0 radical (unpaired) electrons. The highest BCUT2D eigenvalue weighted by Crippen LogP contribution is 2.38. The topological polar surface area (TPSA) is 104 Å². The Hall–Kier alpha value is -2.26. The number of carbonyl (C=O) groups excluding carboxylic acids is 1. The minimum atomic E-state index is -1.03. The smallest absolute Gasteiger partial charge is 0.326 e. The third kappa shape index (κ3) is 9.80. The molecule has 2 atom stereocenters. The van der Waals surface area contributed by atoms with Gasteiger partial charge in [-0.05, 0) is 75.0 Å². The van der Waals surface area contributed by atoms with E-state index in [4.69, 9.17) is 9.72 Å². The van der Waals surface area contributed by atoms with E-state index in [0.717, 1.165) is 75.8 Å². The number of carboxylic acid groups (broad SMARTS) is 1. The van der Waals surface area contributed by atoms with Crippen LogP contribution in [-0.4, -0.2) is 79.0 Å². The highest BCUT2D eigenvalue weighted by molar-refractivity contribution is 5.83. The molecule has 0 bridgehead atoms. The molecule has 2 unspecified atom stereocenters. The van der Waals surface area contributed by atoms with Gasteiger partial charge >= 0.3 is 5.97 Å². The number of amides is 1. The number of halogens is 1. The Morgan fingerprint density at radius 3 is 2.71 bits per heavy atom. The molecule has 1 aliphatic heterocycles. The van der Waals surface area contributed by atoms with E-state index >= 15 is 0 Å². The van der Waals surface area contributed by atoms with Crippen LogP contribution in [0.3, 0.4) is 0 Å². The molecular weight excluding hydrogens is 487 g/mol. The van der Waals surface area contributed by atoms with Gasteiger partial charge in [0.05, 0.1) is 6.10 Å². The molecule has 1 fully saturated rings. The van der Waals surface area contributed by atoms with E-state index in [0.29, 0.717) is 26.1 Å².